The van der Waals surface area contributed by atoms with E-state index in [2.05, 4.69) is 22.8 Å². The fourth-order valence-electron chi connectivity index (χ4n) is 3.38. The van der Waals surface area contributed by atoms with E-state index in [0.717, 1.165) is 12.8 Å². The molecule has 0 fully saturated rings. The van der Waals surface area contributed by atoms with Gasteiger partial charge in [-0.2, -0.15) is 5.10 Å². The first kappa shape index (κ1) is 29.7. The molecular formula is C30H33N3O7. The van der Waals surface area contributed by atoms with Gasteiger partial charge in [-0.25, -0.2) is 10.2 Å². The molecule has 0 bridgehead atoms. The highest BCUT2D eigenvalue weighted by atomic mass is 16.6. The van der Waals surface area contributed by atoms with Crippen LogP contribution in [0.15, 0.2) is 71.8 Å². The molecule has 0 unspecified atom stereocenters. The van der Waals surface area contributed by atoms with Crippen molar-refractivity contribution < 1.29 is 33.3 Å². The zero-order chi connectivity index (χ0) is 28.7. The predicted molar refractivity (Wildman–Crippen MR) is 150 cm³/mol. The van der Waals surface area contributed by atoms with E-state index in [1.807, 2.05) is 6.92 Å². The van der Waals surface area contributed by atoms with E-state index >= 15 is 0 Å². The van der Waals surface area contributed by atoms with Crippen LogP contribution in [0.2, 0.25) is 0 Å². The van der Waals surface area contributed by atoms with Crippen molar-refractivity contribution in [1.82, 2.24) is 10.7 Å². The van der Waals surface area contributed by atoms with E-state index in [-0.39, 0.29) is 12.3 Å². The highest BCUT2D eigenvalue weighted by molar-refractivity contribution is 5.96. The van der Waals surface area contributed by atoms with Gasteiger partial charge < -0.3 is 24.3 Å². The highest BCUT2D eigenvalue weighted by Crippen LogP contribution is 2.28. The van der Waals surface area contributed by atoms with Crippen LogP contribution in [0.4, 0.5) is 0 Å². The number of rotatable bonds is 14. The summed E-state index contributed by atoms with van der Waals surface area (Å²) in [5.41, 5.74) is 3.71. The number of methoxy groups -OCH3 is 1. The Morgan fingerprint density at radius 3 is 2.17 bits per heavy atom. The minimum Gasteiger partial charge on any atom is -0.494 e. The van der Waals surface area contributed by atoms with Crippen molar-refractivity contribution in [2.45, 2.75) is 26.7 Å². The first-order valence-electron chi connectivity index (χ1n) is 12.9. The lowest BCUT2D eigenvalue weighted by molar-refractivity contribution is -0.120. The number of carbonyl (C=O) groups excluding carboxylic acids is 3. The fraction of sp³-hybridized carbons (Fsp3) is 0.267. The Morgan fingerprint density at radius 2 is 1.52 bits per heavy atom. The Kier molecular flexibility index (Phi) is 11.5. The minimum atomic E-state index is -0.542. The van der Waals surface area contributed by atoms with E-state index in [0.29, 0.717) is 47.2 Å². The number of hydrogen-bond donors (Lipinski definition) is 2. The first-order chi connectivity index (χ1) is 19.4. The van der Waals surface area contributed by atoms with Gasteiger partial charge in [0.25, 0.3) is 11.8 Å². The minimum absolute atomic E-state index is 0.231. The van der Waals surface area contributed by atoms with Crippen molar-refractivity contribution in [3.05, 3.63) is 83.4 Å². The maximum Gasteiger partial charge on any atom is 0.343 e. The van der Waals surface area contributed by atoms with Crippen LogP contribution in [-0.4, -0.2) is 50.9 Å². The molecular weight excluding hydrogens is 514 g/mol. The van der Waals surface area contributed by atoms with Crippen molar-refractivity contribution in [3.63, 3.8) is 0 Å². The molecule has 2 amide bonds. The van der Waals surface area contributed by atoms with Crippen molar-refractivity contribution in [1.29, 1.82) is 0 Å². The SMILES string of the molecule is CCCCOc1ccc(C(=O)Oc2ccc(/C=N\NC(=O)CNC(=O)c3ccc(OCC)cc3)cc2OC)cc1. The summed E-state index contributed by atoms with van der Waals surface area (Å²) in [5, 5.41) is 6.43. The molecule has 0 heterocycles. The van der Waals surface area contributed by atoms with Gasteiger partial charge in [0, 0.05) is 5.56 Å². The van der Waals surface area contributed by atoms with Crippen LogP contribution in [0.25, 0.3) is 0 Å². The number of unbranched alkanes of at least 4 members (excludes halogenated alkanes) is 1. The van der Waals surface area contributed by atoms with Crippen LogP contribution in [0, 0.1) is 0 Å². The second-order valence-electron chi connectivity index (χ2n) is 8.46. The molecule has 0 aliphatic heterocycles. The Bertz CT molecular complexity index is 1310. The molecule has 2 N–H and O–H groups in total. The Balaban J connectivity index is 1.49. The van der Waals surface area contributed by atoms with Crippen LogP contribution in [0.3, 0.4) is 0 Å². The van der Waals surface area contributed by atoms with Gasteiger partial charge in [0.2, 0.25) is 0 Å². The van der Waals surface area contributed by atoms with Crippen molar-refractivity contribution >= 4 is 24.0 Å². The number of hydrogen-bond acceptors (Lipinski definition) is 8. The summed E-state index contributed by atoms with van der Waals surface area (Å²) in [4.78, 5) is 36.9. The topological polar surface area (TPSA) is 125 Å². The molecule has 0 saturated heterocycles. The Labute approximate surface area is 233 Å². The van der Waals surface area contributed by atoms with Crippen molar-refractivity contribution in [2.24, 2.45) is 5.10 Å². The van der Waals surface area contributed by atoms with Crippen molar-refractivity contribution in [3.8, 4) is 23.0 Å². The number of hydrazone groups is 1. The molecule has 10 heteroatoms. The number of ether oxygens (including phenoxy) is 4. The van der Waals surface area contributed by atoms with Crippen LogP contribution >= 0.6 is 0 Å². The molecule has 0 saturated carbocycles. The summed E-state index contributed by atoms with van der Waals surface area (Å²) < 4.78 is 21.8. The fourth-order valence-corrected chi connectivity index (χ4v) is 3.38. The van der Waals surface area contributed by atoms with Gasteiger partial charge >= 0.3 is 5.97 Å². The molecule has 3 rings (SSSR count). The van der Waals surface area contributed by atoms with E-state index in [1.165, 1.54) is 13.3 Å². The van der Waals surface area contributed by atoms with Gasteiger partial charge in [-0.3, -0.25) is 9.59 Å². The molecule has 40 heavy (non-hydrogen) atoms. The lowest BCUT2D eigenvalue weighted by atomic mass is 10.2. The summed E-state index contributed by atoms with van der Waals surface area (Å²) in [5.74, 6) is 0.447. The largest absolute Gasteiger partial charge is 0.494 e. The summed E-state index contributed by atoms with van der Waals surface area (Å²) in [6.07, 6.45) is 3.40. The summed E-state index contributed by atoms with van der Waals surface area (Å²) >= 11 is 0. The predicted octanol–water partition coefficient (Wildman–Crippen LogP) is 4.37. The van der Waals surface area contributed by atoms with Crippen molar-refractivity contribution in [2.75, 3.05) is 26.9 Å². The summed E-state index contributed by atoms with van der Waals surface area (Å²) in [6, 6.07) is 18.2. The number of nitrogens with zero attached hydrogens (tertiary/aromatic N) is 1. The van der Waals surface area contributed by atoms with E-state index in [1.54, 1.807) is 66.7 Å². The lowest BCUT2D eigenvalue weighted by Gasteiger charge is -2.10. The quantitative estimate of drug-likeness (QED) is 0.101. The highest BCUT2D eigenvalue weighted by Gasteiger charge is 2.13. The third-order valence-corrected chi connectivity index (χ3v) is 5.49. The maximum atomic E-state index is 12.6. The number of benzene rings is 3. The second kappa shape index (κ2) is 15.5. The van der Waals surface area contributed by atoms with Gasteiger partial charge in [-0.15, -0.1) is 0 Å². The smallest absolute Gasteiger partial charge is 0.343 e. The van der Waals surface area contributed by atoms with Gasteiger partial charge in [0.1, 0.15) is 11.5 Å². The molecule has 0 atom stereocenters. The maximum absolute atomic E-state index is 12.6. The van der Waals surface area contributed by atoms with Gasteiger partial charge in [-0.1, -0.05) is 13.3 Å². The zero-order valence-corrected chi connectivity index (χ0v) is 22.8. The first-order valence-corrected chi connectivity index (χ1v) is 12.9. The average molecular weight is 548 g/mol. The average Bonchev–Trinajstić information content (AvgIpc) is 2.97. The Morgan fingerprint density at radius 1 is 0.850 bits per heavy atom. The standard InChI is InChI=1S/C30H33N3O7/c1-4-6-17-39-25-14-10-23(11-15-25)30(36)40-26-16-7-21(18-27(26)37-3)19-32-33-28(34)20-31-29(35)22-8-12-24(13-9-22)38-5-2/h7-16,18-19H,4-6,17,20H2,1-3H3,(H,31,35)(H,33,34)/b32-19-. The molecule has 0 radical (unpaired) electrons. The molecule has 10 nitrogen and oxygen atoms in total. The molecule has 3 aromatic rings. The molecule has 0 aliphatic carbocycles. The second-order valence-corrected chi connectivity index (χ2v) is 8.46. The lowest BCUT2D eigenvalue weighted by Crippen LogP contribution is -2.34. The third-order valence-electron chi connectivity index (χ3n) is 5.49. The third kappa shape index (κ3) is 9.16. The number of esters is 1. The summed E-state index contributed by atoms with van der Waals surface area (Å²) in [6.45, 7) is 4.86. The van der Waals surface area contributed by atoms with E-state index in [9.17, 15) is 14.4 Å². The molecule has 0 aromatic heterocycles. The van der Waals surface area contributed by atoms with Gasteiger partial charge in [-0.05, 0) is 85.6 Å². The number of nitrogens with one attached hydrogen (secondary N) is 2. The van der Waals surface area contributed by atoms with Crippen LogP contribution in [0.1, 0.15) is 53.0 Å². The Hall–Kier alpha value is -4.86. The van der Waals surface area contributed by atoms with Gasteiger partial charge in [0.15, 0.2) is 11.5 Å². The zero-order valence-electron chi connectivity index (χ0n) is 22.8. The normalized spacial score (nSPS) is 10.6. The monoisotopic (exact) mass is 547 g/mol. The summed E-state index contributed by atoms with van der Waals surface area (Å²) in [7, 11) is 1.45. The molecule has 3 aromatic carbocycles. The number of amides is 2. The number of carbonyl (C=O) groups is 3. The van der Waals surface area contributed by atoms with Gasteiger partial charge in [0.05, 0.1) is 38.6 Å². The van der Waals surface area contributed by atoms with Crippen LogP contribution in [0.5, 0.6) is 23.0 Å². The molecule has 210 valence electrons. The molecule has 0 aliphatic rings. The van der Waals surface area contributed by atoms with Crippen LogP contribution < -0.4 is 29.7 Å². The molecule has 0 spiro atoms. The van der Waals surface area contributed by atoms with Crippen LogP contribution in [-0.2, 0) is 4.79 Å². The van der Waals surface area contributed by atoms with E-state index in [4.69, 9.17) is 18.9 Å². The van der Waals surface area contributed by atoms with E-state index < -0.39 is 17.8 Å².